The molecule has 1 aromatic heterocycles. The summed E-state index contributed by atoms with van der Waals surface area (Å²) in [5.41, 5.74) is 0.573. The summed E-state index contributed by atoms with van der Waals surface area (Å²) in [6.45, 7) is 6.36. The molecule has 8 nitrogen and oxygen atoms in total. The van der Waals surface area contributed by atoms with Crippen molar-refractivity contribution in [2.45, 2.75) is 45.6 Å². The minimum Gasteiger partial charge on any atom is -0.486 e. The molecule has 0 spiro atoms. The van der Waals surface area contributed by atoms with Crippen molar-refractivity contribution in [1.29, 1.82) is 0 Å². The van der Waals surface area contributed by atoms with E-state index in [0.29, 0.717) is 80.2 Å². The number of hydrogen-bond donors (Lipinski definition) is 0. The number of aromatic nitrogens is 2. The van der Waals surface area contributed by atoms with Gasteiger partial charge in [-0.2, -0.15) is 0 Å². The Hall–Kier alpha value is -2.77. The maximum Gasteiger partial charge on any atom is 0.262 e. The highest BCUT2D eigenvalue weighted by atomic mass is 16.6. The van der Waals surface area contributed by atoms with Crippen LogP contribution in [0.2, 0.25) is 0 Å². The van der Waals surface area contributed by atoms with Gasteiger partial charge in [-0.1, -0.05) is 19.8 Å². The lowest BCUT2D eigenvalue weighted by Crippen LogP contribution is -2.51. The van der Waals surface area contributed by atoms with Crippen LogP contribution in [0.5, 0.6) is 11.5 Å². The third kappa shape index (κ3) is 3.72. The largest absolute Gasteiger partial charge is 0.486 e. The summed E-state index contributed by atoms with van der Waals surface area (Å²) in [6.07, 6.45) is 5.22. The molecule has 3 heterocycles. The van der Waals surface area contributed by atoms with Gasteiger partial charge in [0.25, 0.3) is 5.56 Å². The molecule has 1 aliphatic carbocycles. The molecule has 0 N–H and O–H groups in total. The van der Waals surface area contributed by atoms with Crippen LogP contribution < -0.4 is 19.9 Å². The lowest BCUT2D eigenvalue weighted by molar-refractivity contribution is -0.135. The molecule has 2 aromatic rings. The van der Waals surface area contributed by atoms with Gasteiger partial charge in [-0.3, -0.25) is 14.2 Å². The predicted molar refractivity (Wildman–Crippen MR) is 118 cm³/mol. The van der Waals surface area contributed by atoms with Gasteiger partial charge in [0.05, 0.1) is 10.9 Å². The highest BCUT2D eigenvalue weighted by molar-refractivity contribution is 5.83. The average Bonchev–Trinajstić information content (AvgIpc) is 3.34. The van der Waals surface area contributed by atoms with E-state index in [1.807, 2.05) is 11.0 Å². The standard InChI is InChI=1S/C23H30N4O4/c1-2-7-27-22(29)17-14-19-20(31-13-12-30-19)15-18(17)24-23(27)26-10-8-25(9-11-26)21(28)16-5-3-4-6-16/h14-16H,2-13H2,1H3. The summed E-state index contributed by atoms with van der Waals surface area (Å²) in [5, 5.41) is 0.552. The maximum atomic E-state index is 13.3. The second-order valence-electron chi connectivity index (χ2n) is 8.68. The van der Waals surface area contributed by atoms with Gasteiger partial charge in [-0.25, -0.2) is 4.98 Å². The van der Waals surface area contributed by atoms with Crippen LogP contribution in [-0.4, -0.2) is 59.8 Å². The number of amides is 1. The van der Waals surface area contributed by atoms with Crippen LogP contribution in [-0.2, 0) is 11.3 Å². The van der Waals surface area contributed by atoms with Crippen LogP contribution in [0.25, 0.3) is 10.9 Å². The molecular weight excluding hydrogens is 396 g/mol. The van der Waals surface area contributed by atoms with Gasteiger partial charge in [0.1, 0.15) is 13.2 Å². The minimum atomic E-state index is -0.0525. The minimum absolute atomic E-state index is 0.0525. The predicted octanol–water partition coefficient (Wildman–Crippen LogP) is 2.42. The first-order chi connectivity index (χ1) is 15.2. The van der Waals surface area contributed by atoms with Gasteiger partial charge < -0.3 is 19.3 Å². The number of piperazine rings is 1. The van der Waals surface area contributed by atoms with Crippen molar-refractivity contribution in [3.05, 3.63) is 22.5 Å². The van der Waals surface area contributed by atoms with Crippen molar-refractivity contribution in [3.63, 3.8) is 0 Å². The van der Waals surface area contributed by atoms with Crippen LogP contribution in [0.4, 0.5) is 5.95 Å². The molecule has 1 saturated heterocycles. The molecular formula is C23H30N4O4. The fraction of sp³-hybridized carbons (Fsp3) is 0.609. The van der Waals surface area contributed by atoms with E-state index in [9.17, 15) is 9.59 Å². The third-order valence-corrected chi connectivity index (χ3v) is 6.62. The molecule has 0 atom stereocenters. The second-order valence-corrected chi connectivity index (χ2v) is 8.68. The van der Waals surface area contributed by atoms with Gasteiger partial charge in [0.2, 0.25) is 11.9 Å². The van der Waals surface area contributed by atoms with Crippen molar-refractivity contribution in [2.24, 2.45) is 5.92 Å². The van der Waals surface area contributed by atoms with Gasteiger partial charge in [0.15, 0.2) is 11.5 Å². The van der Waals surface area contributed by atoms with Crippen LogP contribution >= 0.6 is 0 Å². The topological polar surface area (TPSA) is 76.9 Å². The number of anilines is 1. The Balaban J connectivity index is 1.44. The lowest BCUT2D eigenvalue weighted by Gasteiger charge is -2.37. The molecule has 8 heteroatoms. The van der Waals surface area contributed by atoms with Crippen molar-refractivity contribution in [3.8, 4) is 11.5 Å². The molecule has 3 aliphatic rings. The van der Waals surface area contributed by atoms with E-state index >= 15 is 0 Å². The van der Waals surface area contributed by atoms with E-state index < -0.39 is 0 Å². The zero-order valence-electron chi connectivity index (χ0n) is 18.1. The van der Waals surface area contributed by atoms with Crippen molar-refractivity contribution in [2.75, 3.05) is 44.3 Å². The second kappa shape index (κ2) is 8.40. The molecule has 5 rings (SSSR count). The van der Waals surface area contributed by atoms with E-state index in [0.717, 1.165) is 19.3 Å². The number of carbonyl (C=O) groups is 1. The molecule has 0 bridgehead atoms. The molecule has 2 aliphatic heterocycles. The highest BCUT2D eigenvalue weighted by Crippen LogP contribution is 2.34. The Morgan fingerprint density at radius 2 is 1.74 bits per heavy atom. The number of fused-ring (bicyclic) bond motifs is 2. The Morgan fingerprint density at radius 1 is 1.06 bits per heavy atom. The van der Waals surface area contributed by atoms with Gasteiger partial charge >= 0.3 is 0 Å². The Bertz CT molecular complexity index is 1040. The number of benzene rings is 1. The zero-order valence-corrected chi connectivity index (χ0v) is 18.1. The number of rotatable bonds is 4. The van der Waals surface area contributed by atoms with Crippen molar-refractivity contribution >= 4 is 22.8 Å². The lowest BCUT2D eigenvalue weighted by atomic mass is 10.1. The smallest absolute Gasteiger partial charge is 0.262 e. The van der Waals surface area contributed by atoms with Gasteiger partial charge in [-0.05, 0) is 25.3 Å². The summed E-state index contributed by atoms with van der Waals surface area (Å²) in [5.74, 6) is 2.43. The summed E-state index contributed by atoms with van der Waals surface area (Å²) in [4.78, 5) is 35.2. The third-order valence-electron chi connectivity index (χ3n) is 6.62. The Morgan fingerprint density at radius 3 is 2.42 bits per heavy atom. The first kappa shape index (κ1) is 20.2. The molecule has 1 amide bonds. The summed E-state index contributed by atoms with van der Waals surface area (Å²) >= 11 is 0. The van der Waals surface area contributed by atoms with E-state index in [1.165, 1.54) is 12.8 Å². The summed E-state index contributed by atoms with van der Waals surface area (Å²) in [7, 11) is 0. The van der Waals surface area contributed by atoms with Gasteiger partial charge in [0, 0.05) is 44.7 Å². The normalized spacial score (nSPS) is 19.3. The average molecular weight is 427 g/mol. The summed E-state index contributed by atoms with van der Waals surface area (Å²) in [6, 6.07) is 3.57. The van der Waals surface area contributed by atoms with Crippen LogP contribution in [0.3, 0.4) is 0 Å². The molecule has 1 aromatic carbocycles. The van der Waals surface area contributed by atoms with Crippen LogP contribution in [0, 0.1) is 5.92 Å². The number of hydrogen-bond acceptors (Lipinski definition) is 6. The van der Waals surface area contributed by atoms with E-state index in [-0.39, 0.29) is 11.5 Å². The quantitative estimate of drug-likeness (QED) is 0.747. The first-order valence-electron chi connectivity index (χ1n) is 11.5. The number of nitrogens with zero attached hydrogens (tertiary/aromatic N) is 4. The fourth-order valence-electron chi connectivity index (χ4n) is 4.97. The molecule has 0 radical (unpaired) electrons. The zero-order chi connectivity index (χ0) is 21.4. The Kier molecular flexibility index (Phi) is 5.46. The van der Waals surface area contributed by atoms with Crippen molar-refractivity contribution < 1.29 is 14.3 Å². The van der Waals surface area contributed by atoms with Crippen molar-refractivity contribution in [1.82, 2.24) is 14.5 Å². The monoisotopic (exact) mass is 426 g/mol. The molecule has 166 valence electrons. The maximum absolute atomic E-state index is 13.3. The van der Waals surface area contributed by atoms with Gasteiger partial charge in [-0.15, -0.1) is 0 Å². The SMILES string of the molecule is CCCn1c(N2CCN(C(=O)C3CCCC3)CC2)nc2cc3c(cc2c1=O)OCCO3. The van der Waals surface area contributed by atoms with E-state index in [2.05, 4.69) is 11.8 Å². The Labute approximate surface area is 181 Å². The van der Waals surface area contributed by atoms with E-state index in [1.54, 1.807) is 10.6 Å². The first-order valence-corrected chi connectivity index (χ1v) is 11.5. The number of carbonyl (C=O) groups excluding carboxylic acids is 1. The highest BCUT2D eigenvalue weighted by Gasteiger charge is 2.30. The molecule has 2 fully saturated rings. The fourth-order valence-corrected chi connectivity index (χ4v) is 4.97. The summed E-state index contributed by atoms with van der Waals surface area (Å²) < 4.78 is 13.1. The molecule has 31 heavy (non-hydrogen) atoms. The molecule has 0 unspecified atom stereocenters. The number of ether oxygens (including phenoxy) is 2. The van der Waals surface area contributed by atoms with Crippen LogP contribution in [0.1, 0.15) is 39.0 Å². The van der Waals surface area contributed by atoms with E-state index in [4.69, 9.17) is 14.5 Å². The van der Waals surface area contributed by atoms with Crippen LogP contribution in [0.15, 0.2) is 16.9 Å². The molecule has 1 saturated carbocycles.